The van der Waals surface area contributed by atoms with Crippen LogP contribution in [-0.2, 0) is 0 Å². The zero-order valence-electron chi connectivity index (χ0n) is 11.5. The first-order chi connectivity index (χ1) is 9.72. The van der Waals surface area contributed by atoms with Gasteiger partial charge in [-0.3, -0.25) is 4.98 Å². The predicted octanol–water partition coefficient (Wildman–Crippen LogP) is 4.27. The molecule has 0 spiro atoms. The Morgan fingerprint density at radius 1 is 1.20 bits per heavy atom. The van der Waals surface area contributed by atoms with Gasteiger partial charge in [-0.2, -0.15) is 0 Å². The first-order valence-corrected chi connectivity index (χ1v) is 7.23. The van der Waals surface area contributed by atoms with E-state index < -0.39 is 0 Å². The first-order valence-electron chi connectivity index (χ1n) is 7.23. The largest absolute Gasteiger partial charge is 0.382 e. The molecular weight excluding hydrogens is 251 g/mol. The molecule has 0 saturated heterocycles. The summed E-state index contributed by atoms with van der Waals surface area (Å²) in [5, 5.41) is 4.44. The first kappa shape index (κ1) is 13.1. The Morgan fingerprint density at radius 3 is 2.80 bits per heavy atom. The standard InChI is InChI=1S/C17H19FN2/c1-12(20-16-5-3-2-4-6-16)14-9-13-7-8-15(18)10-17(13)19-11-14/h7-11,16,20H,1-6H2. The topological polar surface area (TPSA) is 24.9 Å². The Bertz CT molecular complexity index is 630. The third-order valence-corrected chi connectivity index (χ3v) is 3.98. The van der Waals surface area contributed by atoms with Crippen LogP contribution in [0.5, 0.6) is 0 Å². The highest BCUT2D eigenvalue weighted by molar-refractivity contribution is 5.82. The Kier molecular flexibility index (Phi) is 3.68. The maximum absolute atomic E-state index is 13.1. The summed E-state index contributed by atoms with van der Waals surface area (Å²) in [7, 11) is 0. The van der Waals surface area contributed by atoms with Crippen molar-refractivity contribution in [2.75, 3.05) is 0 Å². The second-order valence-corrected chi connectivity index (χ2v) is 5.52. The van der Waals surface area contributed by atoms with Gasteiger partial charge in [-0.05, 0) is 31.0 Å². The van der Waals surface area contributed by atoms with Crippen LogP contribution in [-0.4, -0.2) is 11.0 Å². The molecule has 0 atom stereocenters. The van der Waals surface area contributed by atoms with E-state index in [0.717, 1.165) is 16.6 Å². The number of fused-ring (bicyclic) bond motifs is 1. The Morgan fingerprint density at radius 2 is 2.00 bits per heavy atom. The summed E-state index contributed by atoms with van der Waals surface area (Å²) < 4.78 is 13.1. The smallest absolute Gasteiger partial charge is 0.125 e. The molecule has 2 nitrogen and oxygen atoms in total. The van der Waals surface area contributed by atoms with Crippen LogP contribution in [0.4, 0.5) is 4.39 Å². The number of rotatable bonds is 3. The van der Waals surface area contributed by atoms with Gasteiger partial charge in [-0.15, -0.1) is 0 Å². The highest BCUT2D eigenvalue weighted by Gasteiger charge is 2.14. The van der Waals surface area contributed by atoms with Gasteiger partial charge >= 0.3 is 0 Å². The van der Waals surface area contributed by atoms with Crippen LogP contribution in [0, 0.1) is 5.82 Å². The third kappa shape index (κ3) is 2.82. The van der Waals surface area contributed by atoms with Crippen molar-refractivity contribution < 1.29 is 4.39 Å². The second kappa shape index (κ2) is 5.61. The van der Waals surface area contributed by atoms with E-state index in [1.54, 1.807) is 12.3 Å². The Hall–Kier alpha value is -1.90. The minimum atomic E-state index is -0.253. The van der Waals surface area contributed by atoms with E-state index in [4.69, 9.17) is 0 Å². The minimum absolute atomic E-state index is 0.253. The van der Waals surface area contributed by atoms with Crippen molar-refractivity contribution in [2.45, 2.75) is 38.1 Å². The van der Waals surface area contributed by atoms with Crippen LogP contribution >= 0.6 is 0 Å². The van der Waals surface area contributed by atoms with Crippen LogP contribution in [0.3, 0.4) is 0 Å². The van der Waals surface area contributed by atoms with Crippen LogP contribution in [0.2, 0.25) is 0 Å². The van der Waals surface area contributed by atoms with Gasteiger partial charge in [0.2, 0.25) is 0 Å². The van der Waals surface area contributed by atoms with Crippen molar-refractivity contribution in [3.05, 3.63) is 48.4 Å². The molecule has 0 aliphatic heterocycles. The van der Waals surface area contributed by atoms with Crippen molar-refractivity contribution in [2.24, 2.45) is 0 Å². The molecule has 1 heterocycles. The van der Waals surface area contributed by atoms with Gasteiger partial charge in [-0.25, -0.2) is 4.39 Å². The molecule has 0 unspecified atom stereocenters. The molecule has 0 radical (unpaired) electrons. The number of aromatic nitrogens is 1. The molecule has 1 aliphatic carbocycles. The Labute approximate surface area is 118 Å². The van der Waals surface area contributed by atoms with Crippen molar-refractivity contribution in [3.8, 4) is 0 Å². The lowest BCUT2D eigenvalue weighted by atomic mass is 9.95. The summed E-state index contributed by atoms with van der Waals surface area (Å²) in [4.78, 5) is 4.32. The van der Waals surface area contributed by atoms with Crippen LogP contribution in [0.1, 0.15) is 37.7 Å². The summed E-state index contributed by atoms with van der Waals surface area (Å²) in [6, 6.07) is 7.22. The lowest BCUT2D eigenvalue weighted by Crippen LogP contribution is -2.29. The molecule has 1 N–H and O–H groups in total. The third-order valence-electron chi connectivity index (χ3n) is 3.98. The lowest BCUT2D eigenvalue weighted by Gasteiger charge is -2.25. The van der Waals surface area contributed by atoms with E-state index in [1.165, 1.54) is 44.2 Å². The van der Waals surface area contributed by atoms with Gasteiger partial charge in [0.05, 0.1) is 5.52 Å². The molecule has 1 saturated carbocycles. The molecule has 20 heavy (non-hydrogen) atoms. The number of halogens is 1. The number of benzene rings is 1. The zero-order chi connectivity index (χ0) is 13.9. The summed E-state index contributed by atoms with van der Waals surface area (Å²) in [5.74, 6) is -0.253. The fourth-order valence-corrected chi connectivity index (χ4v) is 2.84. The fourth-order valence-electron chi connectivity index (χ4n) is 2.84. The SMILES string of the molecule is C=C(NC1CCCCC1)c1cnc2cc(F)ccc2c1. The maximum atomic E-state index is 13.1. The van der Waals surface area contributed by atoms with Gasteiger partial charge in [0, 0.05) is 35.0 Å². The summed E-state index contributed by atoms with van der Waals surface area (Å²) in [5.41, 5.74) is 2.57. The van der Waals surface area contributed by atoms with Gasteiger partial charge in [0.25, 0.3) is 0 Å². The van der Waals surface area contributed by atoms with Crippen molar-refractivity contribution in [1.82, 2.24) is 10.3 Å². The van der Waals surface area contributed by atoms with Crippen molar-refractivity contribution in [1.29, 1.82) is 0 Å². The van der Waals surface area contributed by atoms with E-state index in [-0.39, 0.29) is 5.82 Å². The van der Waals surface area contributed by atoms with Crippen LogP contribution in [0.25, 0.3) is 16.6 Å². The fraction of sp³-hybridized carbons (Fsp3) is 0.353. The van der Waals surface area contributed by atoms with Gasteiger partial charge in [0.1, 0.15) is 5.82 Å². The second-order valence-electron chi connectivity index (χ2n) is 5.52. The number of nitrogens with one attached hydrogen (secondary N) is 1. The summed E-state index contributed by atoms with van der Waals surface area (Å²) in [6.45, 7) is 4.12. The van der Waals surface area contributed by atoms with Crippen molar-refractivity contribution in [3.63, 3.8) is 0 Å². The molecule has 3 heteroatoms. The van der Waals surface area contributed by atoms with Crippen LogP contribution in [0.15, 0.2) is 37.0 Å². The molecule has 104 valence electrons. The average Bonchev–Trinajstić information content (AvgIpc) is 2.47. The van der Waals surface area contributed by atoms with E-state index >= 15 is 0 Å². The summed E-state index contributed by atoms with van der Waals surface area (Å²) >= 11 is 0. The Balaban J connectivity index is 1.78. The molecule has 1 aliphatic rings. The average molecular weight is 270 g/mol. The number of nitrogens with zero attached hydrogens (tertiary/aromatic N) is 1. The molecule has 0 amide bonds. The maximum Gasteiger partial charge on any atom is 0.125 e. The van der Waals surface area contributed by atoms with E-state index in [0.29, 0.717) is 11.6 Å². The number of hydrogen-bond donors (Lipinski definition) is 1. The highest BCUT2D eigenvalue weighted by atomic mass is 19.1. The van der Waals surface area contributed by atoms with E-state index in [2.05, 4.69) is 16.9 Å². The van der Waals surface area contributed by atoms with Gasteiger partial charge in [-0.1, -0.05) is 25.8 Å². The zero-order valence-corrected chi connectivity index (χ0v) is 11.5. The molecular formula is C17H19FN2. The molecule has 1 fully saturated rings. The molecule has 3 rings (SSSR count). The van der Waals surface area contributed by atoms with Crippen LogP contribution < -0.4 is 5.32 Å². The van der Waals surface area contributed by atoms with E-state index in [9.17, 15) is 4.39 Å². The number of pyridine rings is 1. The summed E-state index contributed by atoms with van der Waals surface area (Å²) in [6.07, 6.45) is 8.12. The monoisotopic (exact) mass is 270 g/mol. The number of hydrogen-bond acceptors (Lipinski definition) is 2. The molecule has 1 aromatic heterocycles. The quantitative estimate of drug-likeness (QED) is 0.901. The van der Waals surface area contributed by atoms with E-state index in [1.807, 2.05) is 6.07 Å². The predicted molar refractivity (Wildman–Crippen MR) is 80.7 cm³/mol. The lowest BCUT2D eigenvalue weighted by molar-refractivity contribution is 0.409. The molecule has 1 aromatic carbocycles. The van der Waals surface area contributed by atoms with Gasteiger partial charge < -0.3 is 5.32 Å². The normalized spacial score (nSPS) is 16.2. The van der Waals surface area contributed by atoms with Gasteiger partial charge in [0.15, 0.2) is 0 Å². The minimum Gasteiger partial charge on any atom is -0.382 e. The molecule has 0 bridgehead atoms. The molecule has 2 aromatic rings. The highest BCUT2D eigenvalue weighted by Crippen LogP contribution is 2.22. The van der Waals surface area contributed by atoms with Crippen molar-refractivity contribution >= 4 is 16.6 Å².